The first kappa shape index (κ1) is 12.5. The molecule has 92 valence electrons. The van der Waals surface area contributed by atoms with E-state index in [-0.39, 0.29) is 0 Å². The molecule has 2 aromatic rings. The zero-order valence-corrected chi connectivity index (χ0v) is 10.9. The second-order valence-electron chi connectivity index (χ2n) is 3.91. The average Bonchev–Trinajstić information content (AvgIpc) is 2.37. The second-order valence-corrected chi connectivity index (χ2v) is 4.35. The minimum absolute atomic E-state index is 0.686. The summed E-state index contributed by atoms with van der Waals surface area (Å²) >= 11 is 5.11. The minimum atomic E-state index is 0.686. The van der Waals surface area contributed by atoms with Gasteiger partial charge in [-0.3, -0.25) is 0 Å². The Balaban J connectivity index is 2.46. The molecule has 0 saturated heterocycles. The number of anilines is 1. The molecule has 3 nitrogen and oxygen atoms in total. The summed E-state index contributed by atoms with van der Waals surface area (Å²) in [5.74, 6) is 0.888. The molecule has 0 fully saturated rings. The lowest BCUT2D eigenvalue weighted by Gasteiger charge is -2.20. The fourth-order valence-corrected chi connectivity index (χ4v) is 1.93. The van der Waals surface area contributed by atoms with Gasteiger partial charge in [0.25, 0.3) is 0 Å². The number of nitrogens with zero attached hydrogens (tertiary/aromatic N) is 2. The molecule has 2 heterocycles. The van der Waals surface area contributed by atoms with E-state index in [9.17, 15) is 0 Å². The van der Waals surface area contributed by atoms with E-state index in [0.717, 1.165) is 29.9 Å². The number of hydrogen-bond donors (Lipinski definition) is 1. The summed E-state index contributed by atoms with van der Waals surface area (Å²) in [4.78, 5) is 9.76. The van der Waals surface area contributed by atoms with Crippen molar-refractivity contribution in [3.63, 3.8) is 0 Å². The number of fused-ring (bicyclic) bond motifs is 1. The molecule has 1 N–H and O–H groups in total. The number of nitrogens with one attached hydrogen (secondary N) is 1. The van der Waals surface area contributed by atoms with Crippen molar-refractivity contribution in [3.8, 4) is 0 Å². The van der Waals surface area contributed by atoms with E-state index < -0.39 is 0 Å². The largest absolute Gasteiger partial charge is 0.349 e. The summed E-state index contributed by atoms with van der Waals surface area (Å²) in [7, 11) is 0. The van der Waals surface area contributed by atoms with Crippen LogP contribution in [-0.4, -0.2) is 23.1 Å². The van der Waals surface area contributed by atoms with Crippen LogP contribution in [0.15, 0.2) is 49.6 Å². The molecule has 4 heteroatoms. The summed E-state index contributed by atoms with van der Waals surface area (Å²) < 4.78 is 0.686. The highest BCUT2D eigenvalue weighted by molar-refractivity contribution is 7.71. The molecule has 18 heavy (non-hydrogen) atoms. The first-order valence-electron chi connectivity index (χ1n) is 5.71. The van der Waals surface area contributed by atoms with Crippen LogP contribution in [-0.2, 0) is 0 Å². The number of rotatable bonds is 5. The maximum atomic E-state index is 5.11. The minimum Gasteiger partial charge on any atom is -0.349 e. The number of hydrogen-bond acceptors (Lipinski definition) is 3. The van der Waals surface area contributed by atoms with Crippen molar-refractivity contribution >= 4 is 29.1 Å². The molecule has 0 atom stereocenters. The molecule has 0 aromatic carbocycles. The molecule has 0 bridgehead atoms. The van der Waals surface area contributed by atoms with Gasteiger partial charge in [-0.05, 0) is 24.3 Å². The van der Waals surface area contributed by atoms with Gasteiger partial charge in [0.1, 0.15) is 16.1 Å². The van der Waals surface area contributed by atoms with E-state index in [2.05, 4.69) is 28.0 Å². The Morgan fingerprint density at radius 1 is 1.17 bits per heavy atom. The normalized spacial score (nSPS) is 10.2. The van der Waals surface area contributed by atoms with E-state index in [1.807, 2.05) is 36.4 Å². The molecule has 0 aliphatic rings. The Labute approximate surface area is 111 Å². The Morgan fingerprint density at radius 3 is 2.50 bits per heavy atom. The molecular weight excluding hydrogens is 242 g/mol. The van der Waals surface area contributed by atoms with Gasteiger partial charge in [-0.25, -0.2) is 4.98 Å². The van der Waals surface area contributed by atoms with Crippen molar-refractivity contribution in [1.29, 1.82) is 0 Å². The third kappa shape index (κ3) is 2.65. The third-order valence-corrected chi connectivity index (χ3v) is 2.83. The Kier molecular flexibility index (Phi) is 3.89. The molecule has 0 aliphatic carbocycles. The summed E-state index contributed by atoms with van der Waals surface area (Å²) in [5, 5.41) is 1.05. The van der Waals surface area contributed by atoms with Crippen molar-refractivity contribution in [3.05, 3.63) is 54.2 Å². The van der Waals surface area contributed by atoms with Crippen molar-refractivity contribution in [2.24, 2.45) is 0 Å². The number of H-pyrrole nitrogens is 1. The average molecular weight is 257 g/mol. The quantitative estimate of drug-likeness (QED) is 0.657. The van der Waals surface area contributed by atoms with Crippen LogP contribution >= 0.6 is 12.2 Å². The van der Waals surface area contributed by atoms with Crippen LogP contribution < -0.4 is 4.90 Å². The van der Waals surface area contributed by atoms with Crippen molar-refractivity contribution in [2.75, 3.05) is 18.0 Å². The maximum Gasteiger partial charge on any atom is 0.140 e. The maximum absolute atomic E-state index is 5.11. The molecule has 2 aromatic heterocycles. The van der Waals surface area contributed by atoms with Gasteiger partial charge in [0.15, 0.2) is 0 Å². The van der Waals surface area contributed by atoms with E-state index in [1.54, 1.807) is 0 Å². The number of aromatic amines is 1. The van der Waals surface area contributed by atoms with Gasteiger partial charge in [-0.15, -0.1) is 13.2 Å². The number of pyridine rings is 2. The zero-order chi connectivity index (χ0) is 13.0. The fourth-order valence-electron chi connectivity index (χ4n) is 1.77. The van der Waals surface area contributed by atoms with Gasteiger partial charge in [0.05, 0.1) is 0 Å². The molecule has 0 spiro atoms. The van der Waals surface area contributed by atoms with Crippen molar-refractivity contribution < 1.29 is 0 Å². The van der Waals surface area contributed by atoms with Gasteiger partial charge in [-0.2, -0.15) is 0 Å². The summed E-state index contributed by atoms with van der Waals surface area (Å²) in [6.45, 7) is 8.98. The first-order chi connectivity index (χ1) is 8.74. The highest BCUT2D eigenvalue weighted by Crippen LogP contribution is 2.16. The highest BCUT2D eigenvalue weighted by Gasteiger charge is 2.05. The molecule has 0 aliphatic heterocycles. The molecular formula is C14H15N3S. The van der Waals surface area contributed by atoms with E-state index in [1.165, 1.54) is 0 Å². The lowest BCUT2D eigenvalue weighted by Crippen LogP contribution is -2.24. The van der Waals surface area contributed by atoms with Crippen LogP contribution in [0.1, 0.15) is 0 Å². The Morgan fingerprint density at radius 2 is 1.83 bits per heavy atom. The summed E-state index contributed by atoms with van der Waals surface area (Å²) in [6, 6.07) is 7.86. The molecule has 0 saturated carbocycles. The van der Waals surface area contributed by atoms with E-state index in [4.69, 9.17) is 12.2 Å². The molecule has 0 unspecified atom stereocenters. The monoisotopic (exact) mass is 257 g/mol. The highest BCUT2D eigenvalue weighted by atomic mass is 32.1. The van der Waals surface area contributed by atoms with Gasteiger partial charge in [0, 0.05) is 18.5 Å². The standard InChI is InChI=1S/C14H15N3S/c1-3-9-17(10-4-2)12-7-5-11-6-8-13(18)16-14(11)15-12/h3-8H,1-2,9-10H2,(H,15,16,18). The predicted molar refractivity (Wildman–Crippen MR) is 79.5 cm³/mol. The molecule has 0 amide bonds. The van der Waals surface area contributed by atoms with Gasteiger partial charge in [0.2, 0.25) is 0 Å². The Hall–Kier alpha value is -1.94. The topological polar surface area (TPSA) is 31.9 Å². The van der Waals surface area contributed by atoms with E-state index in [0.29, 0.717) is 4.64 Å². The smallest absolute Gasteiger partial charge is 0.140 e. The van der Waals surface area contributed by atoms with Gasteiger partial charge < -0.3 is 9.88 Å². The lowest BCUT2D eigenvalue weighted by molar-refractivity contribution is 0.930. The van der Waals surface area contributed by atoms with Crippen LogP contribution in [0.3, 0.4) is 0 Å². The SMILES string of the molecule is C=CCN(CC=C)c1ccc2ccc(=S)[nH]c2n1. The van der Waals surface area contributed by atoms with Crippen LogP contribution in [0.5, 0.6) is 0 Å². The van der Waals surface area contributed by atoms with Crippen LogP contribution in [0.4, 0.5) is 5.82 Å². The van der Waals surface area contributed by atoms with Crippen molar-refractivity contribution in [2.45, 2.75) is 0 Å². The number of aromatic nitrogens is 2. The molecule has 2 rings (SSSR count). The first-order valence-corrected chi connectivity index (χ1v) is 6.12. The van der Waals surface area contributed by atoms with Gasteiger partial charge in [-0.1, -0.05) is 24.4 Å². The lowest BCUT2D eigenvalue weighted by atomic mass is 10.3. The summed E-state index contributed by atoms with van der Waals surface area (Å²) in [6.07, 6.45) is 3.70. The van der Waals surface area contributed by atoms with E-state index >= 15 is 0 Å². The second kappa shape index (κ2) is 5.60. The predicted octanol–water partition coefficient (Wildman–Crippen LogP) is 3.47. The van der Waals surface area contributed by atoms with Crippen LogP contribution in [0, 0.1) is 4.64 Å². The summed E-state index contributed by atoms with van der Waals surface area (Å²) in [5.41, 5.74) is 0.804. The van der Waals surface area contributed by atoms with Crippen LogP contribution in [0.25, 0.3) is 11.0 Å². The van der Waals surface area contributed by atoms with Gasteiger partial charge >= 0.3 is 0 Å². The van der Waals surface area contributed by atoms with Crippen LogP contribution in [0.2, 0.25) is 0 Å². The zero-order valence-electron chi connectivity index (χ0n) is 10.1. The van der Waals surface area contributed by atoms with Crippen molar-refractivity contribution in [1.82, 2.24) is 9.97 Å². The fraction of sp³-hybridized carbons (Fsp3) is 0.143. The Bertz CT molecular complexity index is 620. The molecule has 0 radical (unpaired) electrons. The third-order valence-electron chi connectivity index (χ3n) is 2.59.